The summed E-state index contributed by atoms with van der Waals surface area (Å²) in [5.74, 6) is 2.77. The molecule has 0 aliphatic carbocycles. The van der Waals surface area contributed by atoms with E-state index >= 15 is 0 Å². The number of terminal acetylenes is 1. The van der Waals surface area contributed by atoms with Crippen LogP contribution in [0.5, 0.6) is 0 Å². The third-order valence-electron chi connectivity index (χ3n) is 3.37. The van der Waals surface area contributed by atoms with E-state index in [1.54, 1.807) is 0 Å². The van der Waals surface area contributed by atoms with E-state index in [2.05, 4.69) is 42.3 Å². The number of benzene rings is 3. The summed E-state index contributed by atoms with van der Waals surface area (Å²) in [6.07, 6.45) is 5.63. The zero-order valence-corrected chi connectivity index (χ0v) is 11.1. The monoisotopic (exact) mass is 254 g/mol. The lowest BCUT2D eigenvalue weighted by molar-refractivity contribution is 1.56. The third-order valence-corrected chi connectivity index (χ3v) is 3.37. The van der Waals surface area contributed by atoms with Crippen molar-refractivity contribution in [1.29, 1.82) is 0 Å². The Hall–Kier alpha value is -2.78. The van der Waals surface area contributed by atoms with Gasteiger partial charge in [-0.15, -0.1) is 6.42 Å². The van der Waals surface area contributed by atoms with Gasteiger partial charge in [0.15, 0.2) is 0 Å². The molecular formula is C20H14. The molecule has 0 spiro atoms. The molecule has 0 saturated heterocycles. The molecule has 0 N–H and O–H groups in total. The van der Waals surface area contributed by atoms with Crippen LogP contribution < -0.4 is 0 Å². The van der Waals surface area contributed by atoms with Crippen LogP contribution in [0.1, 0.15) is 5.56 Å². The van der Waals surface area contributed by atoms with E-state index in [9.17, 15) is 0 Å². The van der Waals surface area contributed by atoms with Gasteiger partial charge in [-0.1, -0.05) is 72.7 Å². The Labute approximate surface area is 119 Å². The van der Waals surface area contributed by atoms with Crippen molar-refractivity contribution in [2.75, 3.05) is 0 Å². The predicted molar refractivity (Wildman–Crippen MR) is 85.2 cm³/mol. The van der Waals surface area contributed by atoms with Crippen LogP contribution in [0, 0.1) is 12.3 Å². The fraction of sp³-hybridized carbons (Fsp3) is 0. The van der Waals surface area contributed by atoms with Gasteiger partial charge in [0, 0.05) is 5.56 Å². The van der Waals surface area contributed by atoms with Crippen LogP contribution in [0.2, 0.25) is 0 Å². The van der Waals surface area contributed by atoms with Crippen molar-refractivity contribution in [2.45, 2.75) is 0 Å². The summed E-state index contributed by atoms with van der Waals surface area (Å²) in [6, 6.07) is 26.9. The van der Waals surface area contributed by atoms with Crippen LogP contribution in [0.4, 0.5) is 0 Å². The molecule has 0 heterocycles. The summed E-state index contributed by atoms with van der Waals surface area (Å²) in [5.41, 5.74) is 5.57. The first-order chi connectivity index (χ1) is 9.88. The number of hydrogen-bond donors (Lipinski definition) is 0. The SMILES string of the molecule is C#Cc1ccc(-c2ccccc2)cc1-c1ccccc1. The molecule has 0 bridgehead atoms. The van der Waals surface area contributed by atoms with Crippen molar-refractivity contribution in [1.82, 2.24) is 0 Å². The normalized spacial score (nSPS) is 9.95. The van der Waals surface area contributed by atoms with Crippen LogP contribution in [0.3, 0.4) is 0 Å². The van der Waals surface area contributed by atoms with E-state index in [-0.39, 0.29) is 0 Å². The lowest BCUT2D eigenvalue weighted by Crippen LogP contribution is -1.86. The van der Waals surface area contributed by atoms with Crippen molar-refractivity contribution in [3.63, 3.8) is 0 Å². The highest BCUT2D eigenvalue weighted by Crippen LogP contribution is 2.29. The Kier molecular flexibility index (Phi) is 3.35. The number of rotatable bonds is 2. The van der Waals surface area contributed by atoms with Crippen molar-refractivity contribution in [3.8, 4) is 34.6 Å². The quantitative estimate of drug-likeness (QED) is 0.564. The van der Waals surface area contributed by atoms with Crippen LogP contribution in [0.15, 0.2) is 78.9 Å². The molecule has 0 aliphatic heterocycles. The Morgan fingerprint density at radius 1 is 0.600 bits per heavy atom. The van der Waals surface area contributed by atoms with Crippen molar-refractivity contribution >= 4 is 0 Å². The lowest BCUT2D eigenvalue weighted by Gasteiger charge is -2.09. The molecule has 0 fully saturated rings. The van der Waals surface area contributed by atoms with E-state index in [0.29, 0.717) is 0 Å². The maximum Gasteiger partial charge on any atom is 0.0321 e. The molecule has 3 aromatic carbocycles. The van der Waals surface area contributed by atoms with Crippen LogP contribution in [0.25, 0.3) is 22.3 Å². The first kappa shape index (κ1) is 12.3. The maximum absolute atomic E-state index is 5.63. The summed E-state index contributed by atoms with van der Waals surface area (Å²) in [6.45, 7) is 0. The summed E-state index contributed by atoms with van der Waals surface area (Å²) >= 11 is 0. The zero-order valence-electron chi connectivity index (χ0n) is 11.1. The molecule has 0 atom stereocenters. The van der Waals surface area contributed by atoms with Gasteiger partial charge >= 0.3 is 0 Å². The minimum absolute atomic E-state index is 0.927. The zero-order chi connectivity index (χ0) is 13.8. The predicted octanol–water partition coefficient (Wildman–Crippen LogP) is 5.00. The van der Waals surface area contributed by atoms with Gasteiger partial charge in [-0.05, 0) is 34.4 Å². The van der Waals surface area contributed by atoms with Crippen molar-refractivity contribution in [3.05, 3.63) is 84.4 Å². The molecule has 0 nitrogen and oxygen atoms in total. The van der Waals surface area contributed by atoms with Gasteiger partial charge in [0.25, 0.3) is 0 Å². The van der Waals surface area contributed by atoms with Crippen LogP contribution in [-0.4, -0.2) is 0 Å². The van der Waals surface area contributed by atoms with E-state index in [1.807, 2.05) is 42.5 Å². The van der Waals surface area contributed by atoms with Crippen LogP contribution in [-0.2, 0) is 0 Å². The fourth-order valence-electron chi connectivity index (χ4n) is 2.34. The molecule has 0 saturated carbocycles. The molecule has 0 aliphatic rings. The molecule has 0 radical (unpaired) electrons. The Morgan fingerprint density at radius 3 is 1.80 bits per heavy atom. The highest BCUT2D eigenvalue weighted by atomic mass is 14.1. The second-order valence-electron chi connectivity index (χ2n) is 4.64. The minimum atomic E-state index is 0.927. The van der Waals surface area contributed by atoms with E-state index in [4.69, 9.17) is 6.42 Å². The summed E-state index contributed by atoms with van der Waals surface area (Å²) in [4.78, 5) is 0. The van der Waals surface area contributed by atoms with Gasteiger partial charge in [-0.25, -0.2) is 0 Å². The van der Waals surface area contributed by atoms with E-state index < -0.39 is 0 Å². The van der Waals surface area contributed by atoms with Gasteiger partial charge in [0.1, 0.15) is 0 Å². The highest BCUT2D eigenvalue weighted by Gasteiger charge is 2.05. The molecular weight excluding hydrogens is 240 g/mol. The highest BCUT2D eigenvalue weighted by molar-refractivity contribution is 5.77. The topological polar surface area (TPSA) is 0 Å². The lowest BCUT2D eigenvalue weighted by atomic mass is 9.95. The first-order valence-electron chi connectivity index (χ1n) is 6.60. The average Bonchev–Trinajstić information content (AvgIpc) is 2.56. The minimum Gasteiger partial charge on any atom is -0.115 e. The van der Waals surface area contributed by atoms with Crippen molar-refractivity contribution in [2.24, 2.45) is 0 Å². The average molecular weight is 254 g/mol. The smallest absolute Gasteiger partial charge is 0.0321 e. The van der Waals surface area contributed by atoms with Gasteiger partial charge in [-0.2, -0.15) is 0 Å². The molecule has 94 valence electrons. The Balaban J connectivity index is 2.16. The third kappa shape index (κ3) is 2.35. The molecule has 20 heavy (non-hydrogen) atoms. The van der Waals surface area contributed by atoms with Crippen molar-refractivity contribution < 1.29 is 0 Å². The standard InChI is InChI=1S/C20H14/c1-2-16-13-14-19(17-9-5-3-6-10-17)15-20(16)18-11-7-4-8-12-18/h1,3-15H. The van der Waals surface area contributed by atoms with Gasteiger partial charge in [0.2, 0.25) is 0 Å². The first-order valence-corrected chi connectivity index (χ1v) is 6.60. The van der Waals surface area contributed by atoms with Gasteiger partial charge in [0.05, 0.1) is 0 Å². The number of hydrogen-bond acceptors (Lipinski definition) is 0. The van der Waals surface area contributed by atoms with Crippen LogP contribution >= 0.6 is 0 Å². The molecule has 3 rings (SSSR count). The largest absolute Gasteiger partial charge is 0.115 e. The second kappa shape index (κ2) is 5.47. The molecule has 0 amide bonds. The van der Waals surface area contributed by atoms with Gasteiger partial charge < -0.3 is 0 Å². The molecule has 0 heteroatoms. The summed E-state index contributed by atoms with van der Waals surface area (Å²) < 4.78 is 0. The Morgan fingerprint density at radius 2 is 1.20 bits per heavy atom. The van der Waals surface area contributed by atoms with E-state index in [0.717, 1.165) is 16.7 Å². The molecule has 0 unspecified atom stereocenters. The molecule has 0 aromatic heterocycles. The maximum atomic E-state index is 5.63. The fourth-order valence-corrected chi connectivity index (χ4v) is 2.34. The second-order valence-corrected chi connectivity index (χ2v) is 4.64. The summed E-state index contributed by atoms with van der Waals surface area (Å²) in [5, 5.41) is 0. The van der Waals surface area contributed by atoms with Gasteiger partial charge in [-0.3, -0.25) is 0 Å². The Bertz CT molecular complexity index is 747. The summed E-state index contributed by atoms with van der Waals surface area (Å²) in [7, 11) is 0. The molecule has 3 aromatic rings. The van der Waals surface area contributed by atoms with E-state index in [1.165, 1.54) is 11.1 Å².